The molecule has 0 amide bonds. The second-order valence-electron chi connectivity index (χ2n) is 7.22. The third kappa shape index (κ3) is 6.12. The highest BCUT2D eigenvalue weighted by molar-refractivity contribution is 7.77. The first-order valence-corrected chi connectivity index (χ1v) is 10.7. The average molecular weight is 452 g/mol. The molecule has 0 fully saturated rings. The van der Waals surface area contributed by atoms with E-state index in [9.17, 15) is 9.90 Å². The standard InChI is InChI=1S/C25H26N2O3.H3NS/c1-3-4-22-23(14-13-21(16(2)28)24(22)29)30-15-17-5-7-18(8-6-17)19-9-11-20(12-10-19)25(26)27;1-2/h5-14,29H,3-4,15H2,1-2H3,(H3,26,27);2H,1H2. The Labute approximate surface area is 194 Å². The number of aromatic hydroxyl groups is 1. The summed E-state index contributed by atoms with van der Waals surface area (Å²) in [6.07, 6.45) is 1.47. The Balaban J connectivity index is 0.00000176. The lowest BCUT2D eigenvalue weighted by Gasteiger charge is -2.15. The number of carbonyl (C=O) groups excluding carboxylic acids is 1. The van der Waals surface area contributed by atoms with Crippen molar-refractivity contribution in [3.8, 4) is 22.6 Å². The highest BCUT2D eigenvalue weighted by atomic mass is 32.1. The largest absolute Gasteiger partial charge is 0.507 e. The number of nitrogens with one attached hydrogen (secondary N) is 1. The van der Waals surface area contributed by atoms with E-state index in [0.29, 0.717) is 35.5 Å². The van der Waals surface area contributed by atoms with Gasteiger partial charge in [-0.3, -0.25) is 15.3 Å². The van der Waals surface area contributed by atoms with Gasteiger partial charge >= 0.3 is 0 Å². The van der Waals surface area contributed by atoms with E-state index < -0.39 is 0 Å². The monoisotopic (exact) mass is 451 g/mol. The zero-order valence-corrected chi connectivity index (χ0v) is 19.2. The molecule has 0 saturated carbocycles. The molecule has 0 atom stereocenters. The normalized spacial score (nSPS) is 10.1. The lowest BCUT2D eigenvalue weighted by Crippen LogP contribution is -2.10. The second-order valence-corrected chi connectivity index (χ2v) is 7.22. The van der Waals surface area contributed by atoms with Gasteiger partial charge in [0.2, 0.25) is 0 Å². The number of phenols is 1. The average Bonchev–Trinajstić information content (AvgIpc) is 2.81. The predicted octanol–water partition coefficient (Wildman–Crippen LogP) is 4.87. The maximum atomic E-state index is 11.7. The molecule has 0 aliphatic heterocycles. The van der Waals surface area contributed by atoms with Crippen LogP contribution in [-0.4, -0.2) is 16.7 Å². The number of hydrogen-bond donors (Lipinski definition) is 5. The van der Waals surface area contributed by atoms with Crippen molar-refractivity contribution in [3.63, 3.8) is 0 Å². The molecule has 0 unspecified atom stereocenters. The van der Waals surface area contributed by atoms with Crippen LogP contribution in [0.1, 0.15) is 47.3 Å². The van der Waals surface area contributed by atoms with E-state index in [0.717, 1.165) is 23.1 Å². The molecule has 0 heterocycles. The van der Waals surface area contributed by atoms with Gasteiger partial charge in [0.25, 0.3) is 0 Å². The summed E-state index contributed by atoms with van der Waals surface area (Å²) in [5.41, 5.74) is 10.3. The molecule has 7 heteroatoms. The molecule has 0 aliphatic rings. The Kier molecular flexibility index (Phi) is 9.31. The Bertz CT molecular complexity index is 1070. The van der Waals surface area contributed by atoms with Crippen LogP contribution in [0.3, 0.4) is 0 Å². The Morgan fingerprint density at radius 3 is 2.06 bits per heavy atom. The van der Waals surface area contributed by atoms with Crippen molar-refractivity contribution in [1.29, 1.82) is 5.41 Å². The molecule has 0 spiro atoms. The Morgan fingerprint density at radius 1 is 1.00 bits per heavy atom. The van der Waals surface area contributed by atoms with Crippen LogP contribution in [0.15, 0.2) is 60.7 Å². The summed E-state index contributed by atoms with van der Waals surface area (Å²) >= 11 is 3.03. The fourth-order valence-electron chi connectivity index (χ4n) is 3.33. The van der Waals surface area contributed by atoms with Crippen LogP contribution in [0.25, 0.3) is 11.1 Å². The van der Waals surface area contributed by atoms with Crippen LogP contribution < -0.4 is 15.6 Å². The fraction of sp³-hybridized carbons (Fsp3) is 0.200. The van der Waals surface area contributed by atoms with Gasteiger partial charge in [0.1, 0.15) is 23.9 Å². The number of amidine groups is 1. The molecule has 0 radical (unpaired) electrons. The zero-order chi connectivity index (χ0) is 23.7. The minimum absolute atomic E-state index is 0.0196. The van der Waals surface area contributed by atoms with Gasteiger partial charge in [-0.15, -0.1) is 12.8 Å². The molecule has 0 saturated heterocycles. The number of carbonyl (C=O) groups is 1. The minimum atomic E-state index is -0.164. The number of nitrogens with two attached hydrogens (primary N) is 2. The van der Waals surface area contributed by atoms with Gasteiger partial charge in [0.15, 0.2) is 5.78 Å². The summed E-state index contributed by atoms with van der Waals surface area (Å²) < 4.78 is 5.97. The SMILES string of the molecule is CCCc1c(OCc2ccc(-c3ccc(C(=N)N)cc3)cc2)ccc(C(C)=O)c1O.NS. The van der Waals surface area contributed by atoms with Crippen molar-refractivity contribution >= 4 is 24.4 Å². The van der Waals surface area contributed by atoms with Crippen molar-refractivity contribution in [2.24, 2.45) is 10.9 Å². The van der Waals surface area contributed by atoms with Gasteiger partial charge in [-0.25, -0.2) is 0 Å². The maximum Gasteiger partial charge on any atom is 0.163 e. The van der Waals surface area contributed by atoms with Gasteiger partial charge in [0.05, 0.1) is 5.56 Å². The van der Waals surface area contributed by atoms with E-state index >= 15 is 0 Å². The highest BCUT2D eigenvalue weighted by Gasteiger charge is 2.16. The number of phenolic OH excluding ortho intramolecular Hbond substituents is 1. The number of ether oxygens (including phenoxy) is 1. The third-order valence-electron chi connectivity index (χ3n) is 5.00. The molecule has 32 heavy (non-hydrogen) atoms. The topological polar surface area (TPSA) is 122 Å². The molecule has 3 aromatic rings. The molecular weight excluding hydrogens is 422 g/mol. The van der Waals surface area contributed by atoms with Gasteiger partial charge in [-0.2, -0.15) is 0 Å². The van der Waals surface area contributed by atoms with E-state index in [1.165, 1.54) is 6.92 Å². The van der Waals surface area contributed by atoms with E-state index in [2.05, 4.69) is 18.0 Å². The molecule has 6 N–H and O–H groups in total. The van der Waals surface area contributed by atoms with Crippen molar-refractivity contribution in [2.75, 3.05) is 0 Å². The molecule has 0 bridgehead atoms. The number of rotatable bonds is 8. The van der Waals surface area contributed by atoms with Gasteiger partial charge in [0, 0.05) is 11.1 Å². The van der Waals surface area contributed by atoms with E-state index in [1.54, 1.807) is 12.1 Å². The fourth-order valence-corrected chi connectivity index (χ4v) is 3.33. The summed E-state index contributed by atoms with van der Waals surface area (Å²) in [5.74, 6) is 0.511. The van der Waals surface area contributed by atoms with Crippen molar-refractivity contribution < 1.29 is 14.6 Å². The number of nitrogen functional groups attached to an aromatic ring is 1. The first-order valence-electron chi connectivity index (χ1n) is 10.2. The molecular formula is C25H29N3O3S. The van der Waals surface area contributed by atoms with E-state index in [-0.39, 0.29) is 17.4 Å². The van der Waals surface area contributed by atoms with Gasteiger partial charge in [-0.1, -0.05) is 61.9 Å². The van der Waals surface area contributed by atoms with Crippen LogP contribution in [-0.2, 0) is 13.0 Å². The quantitative estimate of drug-likeness (QED) is 0.145. The zero-order valence-electron chi connectivity index (χ0n) is 18.3. The number of thiol groups is 1. The van der Waals surface area contributed by atoms with Crippen LogP contribution in [0.2, 0.25) is 0 Å². The molecule has 0 aromatic heterocycles. The molecule has 6 nitrogen and oxygen atoms in total. The third-order valence-corrected chi connectivity index (χ3v) is 5.00. The van der Waals surface area contributed by atoms with Crippen LogP contribution in [0.5, 0.6) is 11.5 Å². The van der Waals surface area contributed by atoms with Crippen LogP contribution in [0.4, 0.5) is 0 Å². The molecule has 0 aliphatic carbocycles. The summed E-state index contributed by atoms with van der Waals surface area (Å²) in [6, 6.07) is 19.0. The minimum Gasteiger partial charge on any atom is -0.507 e. The molecule has 3 rings (SSSR count). The Morgan fingerprint density at radius 2 is 1.56 bits per heavy atom. The van der Waals surface area contributed by atoms with Gasteiger partial charge in [-0.05, 0) is 42.2 Å². The number of hydrogen-bond acceptors (Lipinski definition) is 6. The maximum absolute atomic E-state index is 11.7. The molecule has 3 aromatic carbocycles. The summed E-state index contributed by atoms with van der Waals surface area (Å²) in [4.78, 5) is 11.7. The lowest BCUT2D eigenvalue weighted by atomic mass is 10.0. The predicted molar refractivity (Wildman–Crippen MR) is 133 cm³/mol. The van der Waals surface area contributed by atoms with Gasteiger partial charge < -0.3 is 15.6 Å². The van der Waals surface area contributed by atoms with Crippen molar-refractivity contribution in [3.05, 3.63) is 82.9 Å². The van der Waals surface area contributed by atoms with Crippen molar-refractivity contribution in [1.82, 2.24) is 0 Å². The smallest absolute Gasteiger partial charge is 0.163 e. The Hall–Kier alpha value is -3.29. The van der Waals surface area contributed by atoms with Crippen LogP contribution >= 0.6 is 12.8 Å². The number of Topliss-reactive ketones (excluding diaryl/α,β-unsaturated/α-hetero) is 1. The van der Waals surface area contributed by atoms with Crippen molar-refractivity contribution in [2.45, 2.75) is 33.3 Å². The molecule has 168 valence electrons. The number of ketones is 1. The van der Waals surface area contributed by atoms with E-state index in [4.69, 9.17) is 15.9 Å². The first kappa shape index (κ1) is 25.0. The highest BCUT2D eigenvalue weighted by Crippen LogP contribution is 2.33. The number of benzene rings is 3. The summed E-state index contributed by atoms with van der Waals surface area (Å²) in [5, 5.41) is 22.1. The second kappa shape index (κ2) is 11.9. The summed E-state index contributed by atoms with van der Waals surface area (Å²) in [6.45, 7) is 3.82. The lowest BCUT2D eigenvalue weighted by molar-refractivity contribution is 0.101. The van der Waals surface area contributed by atoms with E-state index in [1.807, 2.05) is 55.5 Å². The first-order chi connectivity index (χ1) is 15.4. The van der Waals surface area contributed by atoms with Crippen LogP contribution in [0, 0.1) is 5.41 Å². The summed E-state index contributed by atoms with van der Waals surface area (Å²) in [7, 11) is 0.